The number of aryl methyl sites for hydroxylation is 1. The molecule has 0 atom stereocenters. The van der Waals surface area contributed by atoms with Crippen molar-refractivity contribution in [2.75, 3.05) is 0 Å². The second-order valence-corrected chi connectivity index (χ2v) is 2.38. The van der Waals surface area contributed by atoms with Gasteiger partial charge in [-0.15, -0.1) is 0 Å². The van der Waals surface area contributed by atoms with Crippen molar-refractivity contribution in [3.63, 3.8) is 0 Å². The second-order valence-electron chi connectivity index (χ2n) is 2.38. The first-order valence-corrected chi connectivity index (χ1v) is 4.18. The van der Waals surface area contributed by atoms with Crippen LogP contribution in [0.3, 0.4) is 0 Å². The first-order chi connectivity index (χ1) is 6.41. The minimum absolute atomic E-state index is 0.267. The average Bonchev–Trinajstić information content (AvgIpc) is 2.11. The number of halogens is 3. The zero-order valence-electron chi connectivity index (χ0n) is 8.20. The van der Waals surface area contributed by atoms with Crippen molar-refractivity contribution in [2.45, 2.75) is 26.9 Å². The van der Waals surface area contributed by atoms with Crippen molar-refractivity contribution < 1.29 is 13.2 Å². The predicted molar refractivity (Wildman–Crippen MR) is 48.1 cm³/mol. The summed E-state index contributed by atoms with van der Waals surface area (Å²) in [5, 5.41) is 0. The second kappa shape index (κ2) is 4.83. The van der Waals surface area contributed by atoms with Gasteiger partial charge in [0.15, 0.2) is 0 Å². The third-order valence-electron chi connectivity index (χ3n) is 1.41. The highest BCUT2D eigenvalue weighted by Gasteiger charge is 2.31. The number of rotatable bonds is 0. The Morgan fingerprint density at radius 1 is 1.21 bits per heavy atom. The zero-order chi connectivity index (χ0) is 11.4. The van der Waals surface area contributed by atoms with Crippen LogP contribution in [-0.2, 0) is 6.18 Å². The first kappa shape index (κ1) is 12.7. The summed E-state index contributed by atoms with van der Waals surface area (Å²) in [7, 11) is 0. The molecule has 1 rings (SSSR count). The number of hydrogen-bond donors (Lipinski definition) is 1. The Kier molecular flexibility index (Phi) is 4.40. The van der Waals surface area contributed by atoms with Gasteiger partial charge in [-0.25, -0.2) is 0 Å². The molecule has 0 saturated carbocycles. The van der Waals surface area contributed by atoms with Crippen LogP contribution in [-0.4, -0.2) is 4.98 Å². The topological polar surface area (TPSA) is 32.9 Å². The van der Waals surface area contributed by atoms with E-state index in [1.54, 1.807) is 4.98 Å². The summed E-state index contributed by atoms with van der Waals surface area (Å²) in [5.74, 6) is 0. The molecule has 0 radical (unpaired) electrons. The smallest absolute Gasteiger partial charge is 0.318 e. The highest BCUT2D eigenvalue weighted by atomic mass is 19.4. The molecule has 1 heterocycles. The number of nitrogens with one attached hydrogen (secondary N) is 1. The molecule has 14 heavy (non-hydrogen) atoms. The van der Waals surface area contributed by atoms with Crippen LogP contribution >= 0.6 is 0 Å². The maximum atomic E-state index is 11.9. The van der Waals surface area contributed by atoms with Crippen molar-refractivity contribution in [1.82, 2.24) is 4.98 Å². The van der Waals surface area contributed by atoms with Gasteiger partial charge >= 0.3 is 6.18 Å². The largest absolute Gasteiger partial charge is 0.431 e. The Bertz CT molecular complexity index is 341. The molecule has 1 aromatic heterocycles. The number of H-pyrrole nitrogens is 1. The Balaban J connectivity index is 0.000000791. The zero-order valence-corrected chi connectivity index (χ0v) is 8.20. The predicted octanol–water partition coefficient (Wildman–Crippen LogP) is 2.73. The molecule has 1 N–H and O–H groups in total. The number of aromatic amines is 1. The molecule has 0 saturated heterocycles. The summed E-state index contributed by atoms with van der Waals surface area (Å²) in [6, 6.07) is 1.98. The summed E-state index contributed by atoms with van der Waals surface area (Å²) in [6.07, 6.45) is -4.48. The number of aromatic nitrogens is 1. The van der Waals surface area contributed by atoms with Crippen LogP contribution in [0.15, 0.2) is 16.9 Å². The van der Waals surface area contributed by atoms with E-state index in [2.05, 4.69) is 0 Å². The minimum atomic E-state index is -4.48. The lowest BCUT2D eigenvalue weighted by atomic mass is 10.2. The molecule has 1 aromatic rings. The van der Waals surface area contributed by atoms with Crippen LogP contribution in [0, 0.1) is 6.92 Å². The summed E-state index contributed by atoms with van der Waals surface area (Å²) in [4.78, 5) is 12.5. The fourth-order valence-corrected chi connectivity index (χ4v) is 0.712. The molecule has 0 aromatic carbocycles. The van der Waals surface area contributed by atoms with Gasteiger partial charge < -0.3 is 4.98 Å². The Morgan fingerprint density at radius 2 is 1.71 bits per heavy atom. The Morgan fingerprint density at radius 3 is 2.07 bits per heavy atom. The summed E-state index contributed by atoms with van der Waals surface area (Å²) >= 11 is 0. The molecule has 0 aliphatic heterocycles. The van der Waals surface area contributed by atoms with Gasteiger partial charge in [0.2, 0.25) is 0 Å². The van der Waals surface area contributed by atoms with Crippen molar-refractivity contribution in [2.24, 2.45) is 0 Å². The molecule has 80 valence electrons. The van der Waals surface area contributed by atoms with Crippen molar-refractivity contribution >= 4 is 0 Å². The van der Waals surface area contributed by atoms with Crippen molar-refractivity contribution in [3.8, 4) is 0 Å². The highest BCUT2D eigenvalue weighted by molar-refractivity contribution is 5.14. The average molecular weight is 207 g/mol. The number of hydrogen-bond acceptors (Lipinski definition) is 1. The molecule has 0 fully saturated rings. The van der Waals surface area contributed by atoms with Gasteiger partial charge in [-0.05, 0) is 13.0 Å². The van der Waals surface area contributed by atoms with E-state index in [0.29, 0.717) is 0 Å². The summed E-state index contributed by atoms with van der Waals surface area (Å²) in [6.45, 7) is 5.44. The molecule has 2 nitrogen and oxygen atoms in total. The Hall–Kier alpha value is -1.26. The number of alkyl halides is 3. The molecule has 0 bridgehead atoms. The summed E-state index contributed by atoms with van der Waals surface area (Å²) < 4.78 is 35.8. The molecule has 0 amide bonds. The van der Waals surface area contributed by atoms with Gasteiger partial charge in [0.05, 0.1) is 0 Å². The third kappa shape index (κ3) is 3.24. The maximum Gasteiger partial charge on any atom is 0.431 e. The van der Waals surface area contributed by atoms with Gasteiger partial charge in [-0.2, -0.15) is 13.2 Å². The van der Waals surface area contributed by atoms with Crippen LogP contribution in [0.1, 0.15) is 25.1 Å². The SMILES string of the molecule is CC.Cc1ccc(C(F)(F)F)[nH]c1=O. The molecular weight excluding hydrogens is 195 g/mol. The number of pyridine rings is 1. The van der Waals surface area contributed by atoms with Gasteiger partial charge in [0, 0.05) is 5.56 Å². The van der Waals surface area contributed by atoms with E-state index in [9.17, 15) is 18.0 Å². The van der Waals surface area contributed by atoms with E-state index in [4.69, 9.17) is 0 Å². The quantitative estimate of drug-likeness (QED) is 0.697. The monoisotopic (exact) mass is 207 g/mol. The van der Waals surface area contributed by atoms with E-state index < -0.39 is 17.4 Å². The fraction of sp³-hybridized carbons (Fsp3) is 0.444. The van der Waals surface area contributed by atoms with Crippen molar-refractivity contribution in [1.29, 1.82) is 0 Å². The molecule has 0 spiro atoms. The van der Waals surface area contributed by atoms with Crippen LogP contribution in [0.2, 0.25) is 0 Å². The molecule has 0 aliphatic carbocycles. The highest BCUT2D eigenvalue weighted by Crippen LogP contribution is 2.26. The van der Waals surface area contributed by atoms with Crippen LogP contribution in [0.4, 0.5) is 13.2 Å². The van der Waals surface area contributed by atoms with Gasteiger partial charge in [0.1, 0.15) is 5.69 Å². The van der Waals surface area contributed by atoms with E-state index in [1.807, 2.05) is 13.8 Å². The van der Waals surface area contributed by atoms with Gasteiger partial charge in [-0.3, -0.25) is 4.79 Å². The lowest BCUT2D eigenvalue weighted by Gasteiger charge is -2.05. The first-order valence-electron chi connectivity index (χ1n) is 4.18. The fourth-order valence-electron chi connectivity index (χ4n) is 0.712. The van der Waals surface area contributed by atoms with Crippen LogP contribution < -0.4 is 5.56 Å². The minimum Gasteiger partial charge on any atom is -0.318 e. The van der Waals surface area contributed by atoms with Gasteiger partial charge in [0.25, 0.3) is 5.56 Å². The molecule has 5 heteroatoms. The van der Waals surface area contributed by atoms with E-state index >= 15 is 0 Å². The lowest BCUT2D eigenvalue weighted by molar-refractivity contribution is -0.141. The van der Waals surface area contributed by atoms with E-state index in [1.165, 1.54) is 6.92 Å². The van der Waals surface area contributed by atoms with Gasteiger partial charge in [-0.1, -0.05) is 19.9 Å². The standard InChI is InChI=1S/C7H6F3NO.C2H6/c1-4-2-3-5(7(8,9)10)11-6(4)12;1-2/h2-3H,1H3,(H,11,12);1-2H3. The normalized spacial score (nSPS) is 10.4. The van der Waals surface area contributed by atoms with E-state index in [-0.39, 0.29) is 5.56 Å². The maximum absolute atomic E-state index is 11.9. The molecular formula is C9H12F3NO. The molecule has 0 unspecified atom stereocenters. The molecule has 0 aliphatic rings. The van der Waals surface area contributed by atoms with Crippen LogP contribution in [0.25, 0.3) is 0 Å². The third-order valence-corrected chi connectivity index (χ3v) is 1.41. The van der Waals surface area contributed by atoms with E-state index in [0.717, 1.165) is 12.1 Å². The lowest BCUT2D eigenvalue weighted by Crippen LogP contribution is -2.17. The van der Waals surface area contributed by atoms with Crippen molar-refractivity contribution in [3.05, 3.63) is 33.7 Å². The Labute approximate surface area is 79.8 Å². The van der Waals surface area contributed by atoms with Crippen LogP contribution in [0.5, 0.6) is 0 Å². The summed E-state index contributed by atoms with van der Waals surface area (Å²) in [5.41, 5.74) is -1.45.